The van der Waals surface area contributed by atoms with E-state index >= 15 is 0 Å². The van der Waals surface area contributed by atoms with Gasteiger partial charge in [-0.05, 0) is 67.5 Å². The van der Waals surface area contributed by atoms with Crippen LogP contribution >= 0.6 is 0 Å². The molecule has 0 radical (unpaired) electrons. The highest BCUT2D eigenvalue weighted by Crippen LogP contribution is 2.51. The van der Waals surface area contributed by atoms with E-state index in [9.17, 15) is 17.9 Å². The van der Waals surface area contributed by atoms with Crippen molar-refractivity contribution in [2.75, 3.05) is 11.0 Å². The predicted octanol–water partition coefficient (Wildman–Crippen LogP) is 3.13. The van der Waals surface area contributed by atoms with Crippen molar-refractivity contribution in [3.05, 3.63) is 65.5 Å². The fourth-order valence-electron chi connectivity index (χ4n) is 4.86. The summed E-state index contributed by atoms with van der Waals surface area (Å²) in [6.45, 7) is 0. The first-order valence-corrected chi connectivity index (χ1v) is 11.4. The van der Waals surface area contributed by atoms with Gasteiger partial charge in [0.1, 0.15) is 5.82 Å². The van der Waals surface area contributed by atoms with E-state index in [1.165, 1.54) is 12.1 Å². The second-order valence-corrected chi connectivity index (χ2v) is 10.0. The van der Waals surface area contributed by atoms with Crippen molar-refractivity contribution in [2.45, 2.75) is 49.3 Å². The van der Waals surface area contributed by atoms with Crippen molar-refractivity contribution in [3.63, 3.8) is 0 Å². The normalized spacial score (nSPS) is 27.7. The number of hydrogen-bond donors (Lipinski definition) is 3. The lowest BCUT2D eigenvalue weighted by molar-refractivity contribution is 0.0734. The number of sulfonamides is 1. The molecular formula is C21H25FN2O3S. The van der Waals surface area contributed by atoms with Crippen LogP contribution in [-0.4, -0.2) is 30.9 Å². The predicted molar refractivity (Wildman–Crippen MR) is 107 cm³/mol. The number of aliphatic hydroxyl groups excluding tert-OH is 1. The Morgan fingerprint density at radius 1 is 1.14 bits per heavy atom. The molecule has 4 rings (SSSR count). The Kier molecular flexibility index (Phi) is 4.72. The molecule has 2 saturated heterocycles. The largest absolute Gasteiger partial charge is 0.386 e. The molecular weight excluding hydrogens is 379 g/mol. The molecule has 2 bridgehead atoms. The minimum absolute atomic E-state index is 0.127. The Labute approximate surface area is 165 Å². The SMILES string of the molecule is CS(=O)(=O)Nc1cccc(CC23CCC([C@H](O)c4cccc(F)c4)(CC2)N3)c1. The number of nitrogens with one attached hydrogen (secondary N) is 2. The second-order valence-electron chi connectivity index (χ2n) is 8.27. The van der Waals surface area contributed by atoms with Crippen LogP contribution in [0.1, 0.15) is 42.9 Å². The molecule has 2 heterocycles. The molecule has 0 spiro atoms. The lowest BCUT2D eigenvalue weighted by atomic mass is 9.76. The zero-order valence-corrected chi connectivity index (χ0v) is 16.6. The smallest absolute Gasteiger partial charge is 0.229 e. The van der Waals surface area contributed by atoms with Gasteiger partial charge in [0.15, 0.2) is 0 Å². The number of rotatable bonds is 6. The average Bonchev–Trinajstić information content (AvgIpc) is 3.17. The van der Waals surface area contributed by atoms with Gasteiger partial charge in [-0.15, -0.1) is 0 Å². The summed E-state index contributed by atoms with van der Waals surface area (Å²) in [5.74, 6) is -0.342. The Bertz CT molecular complexity index is 985. The van der Waals surface area contributed by atoms with Crippen LogP contribution in [0.4, 0.5) is 10.1 Å². The summed E-state index contributed by atoms with van der Waals surface area (Å²) in [6, 6.07) is 13.6. The first-order valence-electron chi connectivity index (χ1n) is 9.48. The quantitative estimate of drug-likeness (QED) is 0.691. The molecule has 2 aliphatic rings. The van der Waals surface area contributed by atoms with E-state index in [1.807, 2.05) is 18.2 Å². The van der Waals surface area contributed by atoms with Crippen molar-refractivity contribution in [1.82, 2.24) is 5.32 Å². The van der Waals surface area contributed by atoms with Crippen LogP contribution in [0.15, 0.2) is 48.5 Å². The summed E-state index contributed by atoms with van der Waals surface area (Å²) in [6.07, 6.45) is 4.62. The van der Waals surface area contributed by atoms with Crippen molar-refractivity contribution < 1.29 is 17.9 Å². The number of hydrogen-bond acceptors (Lipinski definition) is 4. The number of anilines is 1. The highest BCUT2D eigenvalue weighted by atomic mass is 32.2. The maximum Gasteiger partial charge on any atom is 0.229 e. The highest BCUT2D eigenvalue weighted by Gasteiger charge is 2.56. The van der Waals surface area contributed by atoms with Crippen LogP contribution in [0.2, 0.25) is 0 Å². The van der Waals surface area contributed by atoms with Crippen LogP contribution in [-0.2, 0) is 16.4 Å². The monoisotopic (exact) mass is 404 g/mol. The van der Waals surface area contributed by atoms with Gasteiger partial charge in [-0.2, -0.15) is 0 Å². The van der Waals surface area contributed by atoms with Crippen molar-refractivity contribution in [3.8, 4) is 0 Å². The molecule has 0 aliphatic carbocycles. The van der Waals surface area contributed by atoms with Crippen molar-refractivity contribution in [2.24, 2.45) is 0 Å². The molecule has 3 N–H and O–H groups in total. The van der Waals surface area contributed by atoms with Crippen LogP contribution in [0, 0.1) is 5.82 Å². The fraction of sp³-hybridized carbons (Fsp3) is 0.429. The van der Waals surface area contributed by atoms with Gasteiger partial charge in [0.25, 0.3) is 0 Å². The third-order valence-corrected chi connectivity index (χ3v) is 6.68. The van der Waals surface area contributed by atoms with E-state index in [1.54, 1.807) is 18.2 Å². The Morgan fingerprint density at radius 2 is 1.86 bits per heavy atom. The van der Waals surface area contributed by atoms with Gasteiger partial charge < -0.3 is 10.4 Å². The Morgan fingerprint density at radius 3 is 2.54 bits per heavy atom. The third-order valence-electron chi connectivity index (χ3n) is 6.07. The molecule has 28 heavy (non-hydrogen) atoms. The van der Waals surface area contributed by atoms with Gasteiger partial charge in [-0.3, -0.25) is 4.72 Å². The summed E-state index contributed by atoms with van der Waals surface area (Å²) >= 11 is 0. The molecule has 0 unspecified atom stereocenters. The molecule has 0 saturated carbocycles. The maximum atomic E-state index is 13.6. The Balaban J connectivity index is 1.52. The lowest BCUT2D eigenvalue weighted by Crippen LogP contribution is -2.47. The second kappa shape index (κ2) is 6.83. The minimum Gasteiger partial charge on any atom is -0.386 e. The first-order chi connectivity index (χ1) is 13.2. The maximum absolute atomic E-state index is 13.6. The van der Waals surface area contributed by atoms with Crippen LogP contribution in [0.3, 0.4) is 0 Å². The van der Waals surface area contributed by atoms with E-state index < -0.39 is 21.7 Å². The minimum atomic E-state index is -3.32. The number of benzene rings is 2. The zero-order valence-electron chi connectivity index (χ0n) is 15.8. The van der Waals surface area contributed by atoms with E-state index in [2.05, 4.69) is 10.0 Å². The van der Waals surface area contributed by atoms with Gasteiger partial charge in [0.2, 0.25) is 10.0 Å². The van der Waals surface area contributed by atoms with E-state index in [0.717, 1.165) is 43.9 Å². The standard InChI is InChI=1S/C21H25FN2O3S/c1-28(26,27)23-18-7-2-4-15(12-18)14-20-8-10-21(24-20,11-9-20)19(25)16-5-3-6-17(22)13-16/h2-7,12-13,19,23-25H,8-11,14H2,1H3/t19-,20?,21?/m1/s1. The van der Waals surface area contributed by atoms with Gasteiger partial charge >= 0.3 is 0 Å². The molecule has 1 atom stereocenters. The molecule has 0 aromatic heterocycles. The van der Waals surface area contributed by atoms with Gasteiger partial charge in [-0.1, -0.05) is 24.3 Å². The summed E-state index contributed by atoms with van der Waals surface area (Å²) in [7, 11) is -3.32. The van der Waals surface area contributed by atoms with E-state index in [-0.39, 0.29) is 11.4 Å². The lowest BCUT2D eigenvalue weighted by Gasteiger charge is -2.32. The van der Waals surface area contributed by atoms with Crippen LogP contribution < -0.4 is 10.0 Å². The van der Waals surface area contributed by atoms with E-state index in [4.69, 9.17) is 0 Å². The molecule has 5 nitrogen and oxygen atoms in total. The van der Waals surface area contributed by atoms with Crippen LogP contribution in [0.25, 0.3) is 0 Å². The topological polar surface area (TPSA) is 78.4 Å². The number of fused-ring (bicyclic) bond motifs is 2. The zero-order chi connectivity index (χ0) is 20.0. The van der Waals surface area contributed by atoms with Gasteiger partial charge in [0, 0.05) is 16.8 Å². The molecule has 7 heteroatoms. The van der Waals surface area contributed by atoms with Gasteiger partial charge in [0.05, 0.1) is 12.4 Å². The van der Waals surface area contributed by atoms with Crippen molar-refractivity contribution >= 4 is 15.7 Å². The third kappa shape index (κ3) is 3.79. The first kappa shape index (κ1) is 19.4. The molecule has 0 amide bonds. The Hall–Kier alpha value is -1.96. The molecule has 2 aromatic rings. The summed E-state index contributed by atoms with van der Waals surface area (Å²) in [5.41, 5.74) is 1.64. The number of aliphatic hydroxyl groups is 1. The van der Waals surface area contributed by atoms with Crippen molar-refractivity contribution in [1.29, 1.82) is 0 Å². The molecule has 2 fully saturated rings. The number of halogens is 1. The van der Waals surface area contributed by atoms with Crippen LogP contribution in [0.5, 0.6) is 0 Å². The van der Waals surface area contributed by atoms with E-state index in [0.29, 0.717) is 11.3 Å². The van der Waals surface area contributed by atoms with Gasteiger partial charge in [-0.25, -0.2) is 12.8 Å². The molecule has 2 aliphatic heterocycles. The average molecular weight is 405 g/mol. The summed E-state index contributed by atoms with van der Waals surface area (Å²) < 4.78 is 39.1. The molecule has 150 valence electrons. The molecule has 2 aromatic carbocycles. The highest BCUT2D eigenvalue weighted by molar-refractivity contribution is 7.92. The summed E-state index contributed by atoms with van der Waals surface area (Å²) in [4.78, 5) is 0. The fourth-order valence-corrected chi connectivity index (χ4v) is 5.42. The summed E-state index contributed by atoms with van der Waals surface area (Å²) in [5, 5.41) is 14.6.